The number of rotatable bonds is 6. The van der Waals surface area contributed by atoms with Crippen LogP contribution in [0.2, 0.25) is 0 Å². The van der Waals surface area contributed by atoms with Gasteiger partial charge in [0.25, 0.3) is 0 Å². The summed E-state index contributed by atoms with van der Waals surface area (Å²) in [5.41, 5.74) is 1.73. The molecular formula is C25H32N4O2. The van der Waals surface area contributed by atoms with E-state index >= 15 is 0 Å². The number of hydrogen-bond acceptors (Lipinski definition) is 4. The molecular weight excluding hydrogens is 388 g/mol. The van der Waals surface area contributed by atoms with Gasteiger partial charge in [0, 0.05) is 50.5 Å². The van der Waals surface area contributed by atoms with Crippen molar-refractivity contribution >= 4 is 12.4 Å². The van der Waals surface area contributed by atoms with Crippen molar-refractivity contribution in [1.82, 2.24) is 9.97 Å². The minimum absolute atomic E-state index is 0.0872. The summed E-state index contributed by atoms with van der Waals surface area (Å²) in [7, 11) is 0. The summed E-state index contributed by atoms with van der Waals surface area (Å²) in [6, 6.07) is 7.71. The number of hydrogen-bond donors (Lipinski definition) is 0. The van der Waals surface area contributed by atoms with Crippen LogP contribution >= 0.6 is 0 Å². The lowest BCUT2D eigenvalue weighted by molar-refractivity contribution is -0.502. The molecule has 0 saturated heterocycles. The van der Waals surface area contributed by atoms with Crippen LogP contribution in [0.5, 0.6) is 0 Å². The van der Waals surface area contributed by atoms with Crippen LogP contribution in [0, 0.1) is 22.3 Å². The maximum absolute atomic E-state index is 12.5. The van der Waals surface area contributed by atoms with Gasteiger partial charge in [-0.15, -0.1) is 0 Å². The Hall–Kier alpha value is -2.76. The highest BCUT2D eigenvalue weighted by Crippen LogP contribution is 2.36. The zero-order chi connectivity index (χ0) is 21.5. The molecule has 2 aromatic rings. The van der Waals surface area contributed by atoms with Crippen LogP contribution in [-0.4, -0.2) is 44.0 Å². The molecule has 0 atom stereocenters. The summed E-state index contributed by atoms with van der Waals surface area (Å²) in [6.45, 7) is 0. The fourth-order valence-corrected chi connectivity index (χ4v) is 5.15. The molecule has 6 nitrogen and oxygen atoms in total. The number of pyridine rings is 2. The molecule has 0 spiro atoms. The summed E-state index contributed by atoms with van der Waals surface area (Å²) in [6.07, 6.45) is 19.9. The van der Waals surface area contributed by atoms with E-state index < -0.39 is 0 Å². The predicted molar refractivity (Wildman–Crippen MR) is 122 cm³/mol. The molecule has 2 aliphatic carbocycles. The molecule has 2 aromatic heterocycles. The molecule has 0 unspecified atom stereocenters. The van der Waals surface area contributed by atoms with Crippen LogP contribution < -0.4 is 0 Å². The van der Waals surface area contributed by atoms with E-state index in [0.717, 1.165) is 83.8 Å². The lowest BCUT2D eigenvalue weighted by Crippen LogP contribution is -2.31. The monoisotopic (exact) mass is 420 g/mol. The Morgan fingerprint density at radius 1 is 0.710 bits per heavy atom. The Morgan fingerprint density at radius 3 is 1.48 bits per heavy atom. The Morgan fingerprint density at radius 2 is 1.13 bits per heavy atom. The molecule has 2 heterocycles. The van der Waals surface area contributed by atoms with Gasteiger partial charge in [-0.05, 0) is 68.2 Å². The zero-order valence-electron chi connectivity index (χ0n) is 18.1. The first-order chi connectivity index (χ1) is 15.2. The molecule has 0 N–H and O–H groups in total. The molecule has 2 fully saturated rings. The van der Waals surface area contributed by atoms with Crippen molar-refractivity contribution < 1.29 is 9.48 Å². The second-order valence-corrected chi connectivity index (χ2v) is 9.14. The SMILES string of the molecule is [O-]/[N+](=C\c1cccnc1)C1CCC(CC2CCC(/[N+]([O-])=C\c3cccnc3)CC2)CC1. The van der Waals surface area contributed by atoms with Gasteiger partial charge in [0.15, 0.2) is 24.5 Å². The number of aromatic nitrogens is 2. The van der Waals surface area contributed by atoms with E-state index in [1.54, 1.807) is 37.2 Å². The highest BCUT2D eigenvalue weighted by Gasteiger charge is 2.31. The molecule has 164 valence electrons. The van der Waals surface area contributed by atoms with Crippen LogP contribution in [-0.2, 0) is 0 Å². The molecule has 4 rings (SSSR count). The first-order valence-corrected chi connectivity index (χ1v) is 11.6. The van der Waals surface area contributed by atoms with Crippen LogP contribution in [0.1, 0.15) is 68.9 Å². The Kier molecular flexibility index (Phi) is 7.28. The van der Waals surface area contributed by atoms with Gasteiger partial charge in [0.1, 0.15) is 0 Å². The lowest BCUT2D eigenvalue weighted by Gasteiger charge is -2.32. The van der Waals surface area contributed by atoms with Crippen molar-refractivity contribution in [2.45, 2.75) is 69.9 Å². The van der Waals surface area contributed by atoms with E-state index in [1.807, 2.05) is 24.3 Å². The topological polar surface area (TPSA) is 77.9 Å². The van der Waals surface area contributed by atoms with Gasteiger partial charge in [0.05, 0.1) is 11.1 Å². The van der Waals surface area contributed by atoms with Gasteiger partial charge >= 0.3 is 0 Å². The molecule has 2 aliphatic rings. The fraction of sp³-hybridized carbons (Fsp3) is 0.520. The van der Waals surface area contributed by atoms with Crippen LogP contribution in [0.25, 0.3) is 0 Å². The highest BCUT2D eigenvalue weighted by atomic mass is 16.5. The Bertz CT molecular complexity index is 795. The van der Waals surface area contributed by atoms with Gasteiger partial charge < -0.3 is 10.4 Å². The fourth-order valence-electron chi connectivity index (χ4n) is 5.15. The smallest absolute Gasteiger partial charge is 0.183 e. The summed E-state index contributed by atoms with van der Waals surface area (Å²) in [4.78, 5) is 8.15. The quantitative estimate of drug-likeness (QED) is 0.297. The van der Waals surface area contributed by atoms with Crippen LogP contribution in [0.4, 0.5) is 0 Å². The first kappa shape index (κ1) is 21.5. The van der Waals surface area contributed by atoms with E-state index in [-0.39, 0.29) is 12.1 Å². The van der Waals surface area contributed by atoms with E-state index in [4.69, 9.17) is 0 Å². The zero-order valence-corrected chi connectivity index (χ0v) is 18.1. The summed E-state index contributed by atoms with van der Waals surface area (Å²) >= 11 is 0. The minimum Gasteiger partial charge on any atom is -0.624 e. The van der Waals surface area contributed by atoms with Gasteiger partial charge in [-0.1, -0.05) is 0 Å². The van der Waals surface area contributed by atoms with E-state index in [0.29, 0.717) is 0 Å². The first-order valence-electron chi connectivity index (χ1n) is 11.6. The van der Waals surface area contributed by atoms with Crippen molar-refractivity contribution in [3.05, 3.63) is 70.6 Å². The molecule has 0 amide bonds. The third-order valence-electron chi connectivity index (χ3n) is 6.94. The molecule has 2 saturated carbocycles. The Labute approximate surface area is 184 Å². The molecule has 0 bridgehead atoms. The summed E-state index contributed by atoms with van der Waals surface area (Å²) in [5, 5.41) is 25.0. The third kappa shape index (κ3) is 6.12. The van der Waals surface area contributed by atoms with Gasteiger partial charge in [0.2, 0.25) is 0 Å². The maximum atomic E-state index is 12.5. The standard InChI is InChI=1S/C25H32N4O2/c30-28(18-22-3-1-13-26-16-22)24-9-5-20(6-10-24)15-21-7-11-25(12-8-21)29(31)19-23-4-2-14-27-17-23/h1-4,13-14,16-21,24-25H,5-12,15H2/b28-18-,29-19+. The average Bonchev–Trinajstić information content (AvgIpc) is 2.81. The molecule has 0 radical (unpaired) electrons. The minimum atomic E-state index is 0.0872. The predicted octanol–water partition coefficient (Wildman–Crippen LogP) is 4.54. The second kappa shape index (κ2) is 10.5. The largest absolute Gasteiger partial charge is 0.624 e. The molecule has 6 heteroatoms. The maximum Gasteiger partial charge on any atom is 0.183 e. The number of hydroxylamine groups is 2. The molecule has 0 aromatic carbocycles. The van der Waals surface area contributed by atoms with E-state index in [9.17, 15) is 10.4 Å². The van der Waals surface area contributed by atoms with Gasteiger partial charge in [-0.2, -0.15) is 0 Å². The normalized spacial score (nSPS) is 27.7. The van der Waals surface area contributed by atoms with E-state index in [2.05, 4.69) is 9.97 Å². The van der Waals surface area contributed by atoms with Crippen molar-refractivity contribution in [2.24, 2.45) is 11.8 Å². The van der Waals surface area contributed by atoms with Crippen molar-refractivity contribution in [1.29, 1.82) is 0 Å². The third-order valence-corrected chi connectivity index (χ3v) is 6.94. The summed E-state index contributed by atoms with van der Waals surface area (Å²) < 4.78 is 2.28. The van der Waals surface area contributed by atoms with E-state index in [1.165, 1.54) is 6.42 Å². The van der Waals surface area contributed by atoms with Crippen LogP contribution in [0.15, 0.2) is 49.1 Å². The lowest BCUT2D eigenvalue weighted by atomic mass is 9.76. The summed E-state index contributed by atoms with van der Waals surface area (Å²) in [5.74, 6) is 1.44. The van der Waals surface area contributed by atoms with Gasteiger partial charge in [-0.25, -0.2) is 9.48 Å². The average molecular weight is 421 g/mol. The molecule has 0 aliphatic heterocycles. The van der Waals surface area contributed by atoms with Crippen LogP contribution in [0.3, 0.4) is 0 Å². The molecule has 31 heavy (non-hydrogen) atoms. The Balaban J connectivity index is 1.21. The van der Waals surface area contributed by atoms with Gasteiger partial charge in [-0.3, -0.25) is 9.97 Å². The van der Waals surface area contributed by atoms with Crippen molar-refractivity contribution in [3.63, 3.8) is 0 Å². The van der Waals surface area contributed by atoms with Crippen molar-refractivity contribution in [3.8, 4) is 0 Å². The van der Waals surface area contributed by atoms with Crippen molar-refractivity contribution in [2.75, 3.05) is 0 Å². The number of nitrogens with zero attached hydrogens (tertiary/aromatic N) is 4. The second-order valence-electron chi connectivity index (χ2n) is 9.14. The highest BCUT2D eigenvalue weighted by molar-refractivity contribution is 5.75.